The van der Waals surface area contributed by atoms with Crippen molar-refractivity contribution >= 4 is 11.9 Å². The average molecular weight is 391 g/mol. The van der Waals surface area contributed by atoms with Crippen molar-refractivity contribution in [2.24, 2.45) is 0 Å². The Morgan fingerprint density at radius 3 is 2.32 bits per heavy atom. The molecule has 2 rings (SSSR count). The van der Waals surface area contributed by atoms with Crippen molar-refractivity contribution in [2.75, 3.05) is 13.7 Å². The quantitative estimate of drug-likeness (QED) is 0.683. The van der Waals surface area contributed by atoms with Gasteiger partial charge in [-0.1, -0.05) is 0 Å². The Kier molecular flexibility index (Phi) is 7.20. The molecule has 1 amide bonds. The van der Waals surface area contributed by atoms with E-state index < -0.39 is 23.8 Å². The summed E-state index contributed by atoms with van der Waals surface area (Å²) >= 11 is 0. The third-order valence-corrected chi connectivity index (χ3v) is 3.60. The van der Waals surface area contributed by atoms with Gasteiger partial charge in [0.05, 0.1) is 19.8 Å². The molecule has 8 heteroatoms. The molecule has 0 aromatic heterocycles. The minimum absolute atomic E-state index is 0.0616. The molecule has 1 unspecified atom stereocenters. The minimum atomic E-state index is -1.33. The van der Waals surface area contributed by atoms with E-state index in [0.717, 1.165) is 12.1 Å². The maximum absolute atomic E-state index is 12.9. The molecule has 2 aromatic carbocycles. The Balaban J connectivity index is 2.04. The second kappa shape index (κ2) is 9.59. The summed E-state index contributed by atoms with van der Waals surface area (Å²) in [5.74, 6) is -1.16. The molecule has 2 N–H and O–H groups in total. The highest BCUT2D eigenvalue weighted by atomic mass is 19.1. The van der Waals surface area contributed by atoms with Crippen LogP contribution in [0, 0.1) is 5.82 Å². The van der Waals surface area contributed by atoms with Crippen molar-refractivity contribution in [3.63, 3.8) is 0 Å². The predicted octanol–water partition coefficient (Wildman–Crippen LogP) is 2.88. The fourth-order valence-electron chi connectivity index (χ4n) is 2.30. The van der Waals surface area contributed by atoms with Crippen LogP contribution in [0.4, 0.5) is 4.39 Å². The van der Waals surface area contributed by atoms with E-state index in [1.54, 1.807) is 12.1 Å². The summed E-state index contributed by atoms with van der Waals surface area (Å²) in [5, 5.41) is 11.8. The number of rotatable bonds is 9. The van der Waals surface area contributed by atoms with Gasteiger partial charge in [-0.3, -0.25) is 4.79 Å². The first-order valence-corrected chi connectivity index (χ1v) is 8.58. The largest absolute Gasteiger partial charge is 0.493 e. The van der Waals surface area contributed by atoms with Crippen molar-refractivity contribution in [1.29, 1.82) is 0 Å². The number of carboxylic acid groups (broad SMARTS) is 1. The minimum Gasteiger partial charge on any atom is -0.493 e. The molecule has 0 radical (unpaired) electrons. The lowest BCUT2D eigenvalue weighted by Crippen LogP contribution is -2.40. The van der Waals surface area contributed by atoms with Gasteiger partial charge < -0.3 is 24.6 Å². The molecule has 0 aliphatic carbocycles. The average Bonchev–Trinajstić information content (AvgIpc) is 2.66. The zero-order chi connectivity index (χ0) is 20.7. The maximum atomic E-state index is 12.9. The fraction of sp³-hybridized carbons (Fsp3) is 0.300. The van der Waals surface area contributed by atoms with Gasteiger partial charge in [-0.05, 0) is 56.3 Å². The molecule has 0 aliphatic rings. The topological polar surface area (TPSA) is 94.1 Å². The number of ether oxygens (including phenoxy) is 3. The SMILES string of the molecule is COc1cc(C(=O)NCC(Oc2ccc(F)cc2)C(=O)O)ccc1OC(C)C. The first kappa shape index (κ1) is 21.0. The van der Waals surface area contributed by atoms with E-state index in [1.165, 1.54) is 25.3 Å². The summed E-state index contributed by atoms with van der Waals surface area (Å²) in [4.78, 5) is 23.7. The Bertz CT molecular complexity index is 822. The highest BCUT2D eigenvalue weighted by molar-refractivity contribution is 5.95. The van der Waals surface area contributed by atoms with Crippen LogP contribution in [-0.4, -0.2) is 42.8 Å². The van der Waals surface area contributed by atoms with E-state index in [1.807, 2.05) is 13.8 Å². The molecule has 150 valence electrons. The number of nitrogens with one attached hydrogen (secondary N) is 1. The molecule has 7 nitrogen and oxygen atoms in total. The van der Waals surface area contributed by atoms with Gasteiger partial charge in [0.25, 0.3) is 5.91 Å². The summed E-state index contributed by atoms with van der Waals surface area (Å²) in [7, 11) is 1.46. The third-order valence-electron chi connectivity index (χ3n) is 3.60. The molecule has 0 saturated carbocycles. The molecule has 0 bridgehead atoms. The Morgan fingerprint density at radius 1 is 1.07 bits per heavy atom. The summed E-state index contributed by atoms with van der Waals surface area (Å²) in [6, 6.07) is 9.59. The van der Waals surface area contributed by atoms with Gasteiger partial charge in [-0.25, -0.2) is 9.18 Å². The molecule has 0 aliphatic heterocycles. The smallest absolute Gasteiger partial charge is 0.346 e. The Morgan fingerprint density at radius 2 is 1.75 bits per heavy atom. The zero-order valence-electron chi connectivity index (χ0n) is 15.8. The van der Waals surface area contributed by atoms with Crippen molar-refractivity contribution in [2.45, 2.75) is 26.1 Å². The number of methoxy groups -OCH3 is 1. The molecule has 0 fully saturated rings. The summed E-state index contributed by atoms with van der Waals surface area (Å²) in [5.41, 5.74) is 0.277. The molecular weight excluding hydrogens is 369 g/mol. The Labute approximate surface area is 162 Å². The van der Waals surface area contributed by atoms with Crippen molar-refractivity contribution in [1.82, 2.24) is 5.32 Å². The van der Waals surface area contributed by atoms with Crippen molar-refractivity contribution in [3.05, 3.63) is 53.8 Å². The molecule has 0 spiro atoms. The first-order chi connectivity index (χ1) is 13.3. The normalized spacial score (nSPS) is 11.6. The predicted molar refractivity (Wildman–Crippen MR) is 99.5 cm³/mol. The maximum Gasteiger partial charge on any atom is 0.346 e. The number of carbonyl (C=O) groups is 2. The molecule has 28 heavy (non-hydrogen) atoms. The number of carboxylic acids is 1. The number of halogens is 1. The first-order valence-electron chi connectivity index (χ1n) is 8.58. The van der Waals surface area contributed by atoms with Gasteiger partial charge in [0.2, 0.25) is 6.10 Å². The van der Waals surface area contributed by atoms with Gasteiger partial charge in [-0.2, -0.15) is 0 Å². The van der Waals surface area contributed by atoms with E-state index >= 15 is 0 Å². The number of aliphatic carboxylic acids is 1. The van der Waals surface area contributed by atoms with Gasteiger partial charge >= 0.3 is 5.97 Å². The molecule has 2 aromatic rings. The van der Waals surface area contributed by atoms with Gasteiger partial charge in [0, 0.05) is 5.56 Å². The van der Waals surface area contributed by atoms with Crippen LogP contribution < -0.4 is 19.5 Å². The van der Waals surface area contributed by atoms with Crippen LogP contribution >= 0.6 is 0 Å². The summed E-state index contributed by atoms with van der Waals surface area (Å²) in [6.45, 7) is 3.46. The summed E-state index contributed by atoms with van der Waals surface area (Å²) < 4.78 is 29.1. The number of hydrogen-bond donors (Lipinski definition) is 2. The van der Waals surface area contributed by atoms with Crippen molar-refractivity contribution in [3.8, 4) is 17.2 Å². The fourth-order valence-corrected chi connectivity index (χ4v) is 2.30. The van der Waals surface area contributed by atoms with Crippen LogP contribution in [0.5, 0.6) is 17.2 Å². The lowest BCUT2D eigenvalue weighted by Gasteiger charge is -2.17. The third kappa shape index (κ3) is 5.87. The van der Waals surface area contributed by atoms with Crippen LogP contribution in [0.3, 0.4) is 0 Å². The van der Waals surface area contributed by atoms with E-state index in [-0.39, 0.29) is 24.0 Å². The molecule has 1 atom stereocenters. The van der Waals surface area contributed by atoms with E-state index in [4.69, 9.17) is 14.2 Å². The van der Waals surface area contributed by atoms with Crippen LogP contribution in [0.2, 0.25) is 0 Å². The monoisotopic (exact) mass is 391 g/mol. The van der Waals surface area contributed by atoms with Crippen molar-refractivity contribution < 1.29 is 33.3 Å². The number of amides is 1. The van der Waals surface area contributed by atoms with E-state index in [2.05, 4.69) is 5.32 Å². The van der Waals surface area contributed by atoms with E-state index in [0.29, 0.717) is 11.5 Å². The number of benzene rings is 2. The molecule has 0 heterocycles. The van der Waals surface area contributed by atoms with Crippen LogP contribution in [0.1, 0.15) is 24.2 Å². The lowest BCUT2D eigenvalue weighted by atomic mass is 10.2. The standard InChI is InChI=1S/C20H22FNO6/c1-12(2)27-16-9-4-13(10-17(16)26-3)19(23)22-11-18(20(24)25)28-15-7-5-14(21)6-8-15/h4-10,12,18H,11H2,1-3H3,(H,22,23)(H,24,25). The van der Waals surface area contributed by atoms with E-state index in [9.17, 15) is 19.1 Å². The zero-order valence-corrected chi connectivity index (χ0v) is 15.8. The lowest BCUT2D eigenvalue weighted by molar-refractivity contribution is -0.144. The van der Waals surface area contributed by atoms with Crippen LogP contribution in [-0.2, 0) is 4.79 Å². The highest BCUT2D eigenvalue weighted by Gasteiger charge is 2.21. The van der Waals surface area contributed by atoms with Gasteiger partial charge in [0.15, 0.2) is 11.5 Å². The van der Waals surface area contributed by atoms with Crippen LogP contribution in [0.25, 0.3) is 0 Å². The highest BCUT2D eigenvalue weighted by Crippen LogP contribution is 2.29. The number of carbonyl (C=O) groups excluding carboxylic acids is 1. The molecule has 0 saturated heterocycles. The second-order valence-electron chi connectivity index (χ2n) is 6.14. The summed E-state index contributed by atoms with van der Waals surface area (Å²) in [6.07, 6.45) is -1.40. The van der Waals surface area contributed by atoms with Crippen LogP contribution in [0.15, 0.2) is 42.5 Å². The molecular formula is C20H22FNO6. The Hall–Kier alpha value is -3.29. The second-order valence-corrected chi connectivity index (χ2v) is 6.14. The number of hydrogen-bond acceptors (Lipinski definition) is 5. The van der Waals surface area contributed by atoms with Gasteiger partial charge in [0.1, 0.15) is 11.6 Å². The van der Waals surface area contributed by atoms with Gasteiger partial charge in [-0.15, -0.1) is 0 Å².